The molecule has 1 heterocycles. The van der Waals surface area contributed by atoms with Crippen molar-refractivity contribution < 1.29 is 9.73 Å². The zero-order valence-electron chi connectivity index (χ0n) is 10.7. The van der Waals surface area contributed by atoms with E-state index in [4.69, 9.17) is 4.74 Å². The van der Waals surface area contributed by atoms with Crippen LogP contribution in [0.4, 0.5) is 5.69 Å². The van der Waals surface area contributed by atoms with Gasteiger partial charge in [-0.15, -0.1) is 0 Å². The third kappa shape index (κ3) is 3.22. The van der Waals surface area contributed by atoms with Gasteiger partial charge in [-0.1, -0.05) is 6.07 Å². The number of hydrogen-bond acceptors (Lipinski definition) is 2. The predicted molar refractivity (Wildman–Crippen MR) is 70.7 cm³/mol. The number of ether oxygens (including phenoxy) is 1. The molecule has 2 N–H and O–H groups in total. The third-order valence-corrected chi connectivity index (χ3v) is 3.08. The Bertz CT molecular complexity index is 413. The van der Waals surface area contributed by atoms with Crippen molar-refractivity contribution in [3.8, 4) is 5.75 Å². The van der Waals surface area contributed by atoms with Crippen molar-refractivity contribution in [1.29, 1.82) is 0 Å². The van der Waals surface area contributed by atoms with Crippen molar-refractivity contribution in [3.05, 3.63) is 23.8 Å². The van der Waals surface area contributed by atoms with E-state index in [0.29, 0.717) is 0 Å². The molecule has 1 aliphatic rings. The van der Waals surface area contributed by atoms with Gasteiger partial charge < -0.3 is 4.74 Å². The molecule has 0 aromatic heterocycles. The Kier molecular flexibility index (Phi) is 4.02. The van der Waals surface area contributed by atoms with Gasteiger partial charge in [0.25, 0.3) is 0 Å². The van der Waals surface area contributed by atoms with Crippen molar-refractivity contribution in [2.75, 3.05) is 19.0 Å². The Hall–Kier alpha value is -1.51. The van der Waals surface area contributed by atoms with Crippen LogP contribution in [0.3, 0.4) is 0 Å². The van der Waals surface area contributed by atoms with Gasteiger partial charge in [0.2, 0.25) is 5.84 Å². The van der Waals surface area contributed by atoms with Crippen LogP contribution in [0.15, 0.2) is 18.2 Å². The number of rotatable bonds is 2. The molecule has 0 atom stereocenters. The fourth-order valence-corrected chi connectivity index (χ4v) is 2.12. The summed E-state index contributed by atoms with van der Waals surface area (Å²) in [4.78, 5) is 3.45. The van der Waals surface area contributed by atoms with Crippen LogP contribution in [0.5, 0.6) is 5.75 Å². The summed E-state index contributed by atoms with van der Waals surface area (Å²) in [6.07, 6.45) is 4.92. The van der Waals surface area contributed by atoms with Gasteiger partial charge in [-0.3, -0.25) is 4.99 Å². The highest BCUT2D eigenvalue weighted by Gasteiger charge is 2.14. The molecule has 1 aromatic carbocycles. The number of amidine groups is 1. The zero-order chi connectivity index (χ0) is 12.1. The van der Waals surface area contributed by atoms with E-state index >= 15 is 0 Å². The number of hydrogen-bond donors (Lipinski definition) is 2. The molecule has 0 saturated carbocycles. The van der Waals surface area contributed by atoms with Crippen LogP contribution in [0.25, 0.3) is 0 Å². The van der Waals surface area contributed by atoms with Gasteiger partial charge in [0, 0.05) is 6.42 Å². The molecule has 0 spiro atoms. The molecular weight excluding hydrogens is 212 g/mol. The Morgan fingerprint density at radius 3 is 2.94 bits per heavy atom. The van der Waals surface area contributed by atoms with E-state index < -0.39 is 0 Å². The van der Waals surface area contributed by atoms with Crippen molar-refractivity contribution in [3.63, 3.8) is 0 Å². The molecule has 17 heavy (non-hydrogen) atoms. The van der Waals surface area contributed by atoms with E-state index in [2.05, 4.69) is 29.4 Å². The maximum atomic E-state index is 5.37. The Labute approximate surface area is 103 Å². The van der Waals surface area contributed by atoms with Gasteiger partial charge in [-0.2, -0.15) is 0 Å². The van der Waals surface area contributed by atoms with E-state index in [1.165, 1.54) is 30.7 Å². The topological polar surface area (TPSA) is 35.2 Å². The first-order valence-corrected chi connectivity index (χ1v) is 6.31. The van der Waals surface area contributed by atoms with Crippen molar-refractivity contribution >= 4 is 11.5 Å². The van der Waals surface area contributed by atoms with Crippen LogP contribution in [0.2, 0.25) is 0 Å². The minimum absolute atomic E-state index is 0.897. The van der Waals surface area contributed by atoms with Gasteiger partial charge in [0.05, 0.1) is 13.7 Å². The molecule has 0 radical (unpaired) electrons. The summed E-state index contributed by atoms with van der Waals surface area (Å²) in [5.41, 5.74) is 2.29. The summed E-state index contributed by atoms with van der Waals surface area (Å²) in [5, 5.41) is 3.46. The van der Waals surface area contributed by atoms with Gasteiger partial charge in [-0.25, -0.2) is 5.32 Å². The zero-order valence-corrected chi connectivity index (χ0v) is 10.7. The highest BCUT2D eigenvalue weighted by molar-refractivity contribution is 5.92. The van der Waals surface area contributed by atoms with Crippen molar-refractivity contribution in [2.24, 2.45) is 0 Å². The smallest absolute Gasteiger partial charge is 0.247 e. The van der Waals surface area contributed by atoms with Crippen LogP contribution in [-0.2, 0) is 0 Å². The van der Waals surface area contributed by atoms with Gasteiger partial charge in [0.1, 0.15) is 0 Å². The lowest BCUT2D eigenvalue weighted by Gasteiger charge is -2.07. The van der Waals surface area contributed by atoms with Crippen LogP contribution in [-0.4, -0.2) is 19.5 Å². The summed E-state index contributed by atoms with van der Waals surface area (Å²) in [7, 11) is 1.71. The predicted octanol–water partition coefficient (Wildman–Crippen LogP) is 1.47. The van der Waals surface area contributed by atoms with Crippen LogP contribution < -0.4 is 15.0 Å². The van der Waals surface area contributed by atoms with Crippen molar-refractivity contribution in [1.82, 2.24) is 0 Å². The van der Waals surface area contributed by atoms with Gasteiger partial charge >= 0.3 is 0 Å². The molecule has 1 aromatic rings. The quantitative estimate of drug-likeness (QED) is 0.811. The molecule has 0 bridgehead atoms. The van der Waals surface area contributed by atoms with Crippen LogP contribution >= 0.6 is 0 Å². The lowest BCUT2D eigenvalue weighted by atomic mass is 10.2. The molecule has 0 aliphatic carbocycles. The minimum Gasteiger partial charge on any atom is -0.492 e. The van der Waals surface area contributed by atoms with E-state index in [9.17, 15) is 0 Å². The van der Waals surface area contributed by atoms with E-state index in [1.54, 1.807) is 7.11 Å². The summed E-state index contributed by atoms with van der Waals surface area (Å²) in [5.74, 6) is 2.11. The molecular formula is C14H21N2O+. The molecule has 0 amide bonds. The number of anilines is 1. The first kappa shape index (κ1) is 12.0. The monoisotopic (exact) mass is 233 g/mol. The SMILES string of the molecule is COc1ccc(C)cc1NC1=[NH+]CCCCC1. The first-order valence-electron chi connectivity index (χ1n) is 6.31. The fourth-order valence-electron chi connectivity index (χ4n) is 2.12. The Morgan fingerprint density at radius 2 is 2.12 bits per heavy atom. The average molecular weight is 233 g/mol. The maximum Gasteiger partial charge on any atom is 0.247 e. The molecule has 0 fully saturated rings. The minimum atomic E-state index is 0.897. The number of methoxy groups -OCH3 is 1. The molecule has 0 unspecified atom stereocenters. The lowest BCUT2D eigenvalue weighted by Crippen LogP contribution is -2.74. The third-order valence-electron chi connectivity index (χ3n) is 3.08. The largest absolute Gasteiger partial charge is 0.492 e. The van der Waals surface area contributed by atoms with Crippen LogP contribution in [0.1, 0.15) is 31.2 Å². The highest BCUT2D eigenvalue weighted by atomic mass is 16.5. The van der Waals surface area contributed by atoms with E-state index in [-0.39, 0.29) is 0 Å². The van der Waals surface area contributed by atoms with Crippen molar-refractivity contribution in [2.45, 2.75) is 32.6 Å². The molecule has 92 valence electrons. The summed E-state index contributed by atoms with van der Waals surface area (Å²) >= 11 is 0. The van der Waals surface area contributed by atoms with Crippen LogP contribution in [0, 0.1) is 6.92 Å². The second-order valence-corrected chi connectivity index (χ2v) is 4.54. The lowest BCUT2D eigenvalue weighted by molar-refractivity contribution is -0.457. The normalized spacial score (nSPS) is 16.0. The molecule has 3 nitrogen and oxygen atoms in total. The summed E-state index contributed by atoms with van der Waals surface area (Å²) in [6, 6.07) is 6.20. The first-order chi connectivity index (χ1) is 8.29. The summed E-state index contributed by atoms with van der Waals surface area (Å²) in [6.45, 7) is 3.16. The molecule has 1 aliphatic heterocycles. The summed E-state index contributed by atoms with van der Waals surface area (Å²) < 4.78 is 5.37. The Balaban J connectivity index is 2.16. The number of benzene rings is 1. The second-order valence-electron chi connectivity index (χ2n) is 4.54. The second kappa shape index (κ2) is 5.71. The standard InChI is InChI=1S/C14H20N2O/c1-11-7-8-13(17-2)12(10-11)16-14-6-4-3-5-9-15-14/h7-8,10H,3-6,9H2,1-2H3,(H,15,16)/p+1. The highest BCUT2D eigenvalue weighted by Crippen LogP contribution is 2.25. The van der Waals surface area contributed by atoms with E-state index in [1.807, 2.05) is 6.07 Å². The maximum absolute atomic E-state index is 5.37. The Morgan fingerprint density at radius 1 is 1.24 bits per heavy atom. The molecule has 0 saturated heterocycles. The number of aryl methyl sites for hydroxylation is 1. The van der Waals surface area contributed by atoms with Gasteiger partial charge in [-0.05, 0) is 43.9 Å². The number of nitrogens with one attached hydrogen (secondary N) is 2. The molecule has 3 heteroatoms. The van der Waals surface area contributed by atoms with E-state index in [0.717, 1.165) is 24.4 Å². The molecule has 2 rings (SSSR count). The fraction of sp³-hybridized carbons (Fsp3) is 0.500. The van der Waals surface area contributed by atoms with Gasteiger partial charge in [0.15, 0.2) is 11.4 Å². The average Bonchev–Trinajstić information content (AvgIpc) is 2.58.